The number of amides is 1. The van der Waals surface area contributed by atoms with Crippen molar-refractivity contribution in [3.8, 4) is 0 Å². The summed E-state index contributed by atoms with van der Waals surface area (Å²) in [6.45, 7) is 5.77. The second kappa shape index (κ2) is 10.0. The van der Waals surface area contributed by atoms with Crippen molar-refractivity contribution in [3.63, 3.8) is 0 Å². The summed E-state index contributed by atoms with van der Waals surface area (Å²) in [7, 11) is 0. The van der Waals surface area contributed by atoms with Crippen LogP contribution in [0.4, 0.5) is 11.5 Å². The molecule has 0 aliphatic carbocycles. The maximum Gasteiger partial charge on any atom is 0.243 e. The minimum Gasteiger partial charge on any atom is -0.354 e. The van der Waals surface area contributed by atoms with Gasteiger partial charge in [-0.2, -0.15) is 0 Å². The molecular formula is C27H31N5O. The van der Waals surface area contributed by atoms with Crippen LogP contribution < -0.4 is 9.91 Å². The highest BCUT2D eigenvalue weighted by molar-refractivity contribution is 5.83. The van der Waals surface area contributed by atoms with Crippen LogP contribution in [0.1, 0.15) is 24.4 Å². The molecule has 2 fully saturated rings. The molecule has 170 valence electrons. The number of nitrogens with zero attached hydrogens (tertiary/aromatic N) is 5. The van der Waals surface area contributed by atoms with Crippen LogP contribution in [0.5, 0.6) is 0 Å². The number of benzene rings is 2. The quantitative estimate of drug-likeness (QED) is 0.555. The first-order valence-corrected chi connectivity index (χ1v) is 11.9. The number of carbonyl (C=O) groups is 1. The number of hydrogen-bond donors (Lipinski definition) is 0. The summed E-state index contributed by atoms with van der Waals surface area (Å²) >= 11 is 0. The number of piperazine rings is 1. The Hall–Kier alpha value is -3.38. The Kier molecular flexibility index (Phi) is 6.53. The highest BCUT2D eigenvalue weighted by Crippen LogP contribution is 2.37. The van der Waals surface area contributed by atoms with Gasteiger partial charge in [-0.1, -0.05) is 54.6 Å². The van der Waals surface area contributed by atoms with E-state index in [4.69, 9.17) is 0 Å². The number of rotatable bonds is 7. The standard InChI is InChI=1S/C27H31N5O/c33-27-22-25(23-10-3-1-4-11-23)32(24-12-5-2-6-13-24)31(27)17-9-16-29-18-20-30(21-19-29)26-14-7-8-15-28-26/h1-8,10-15,25H,9,16-22H2. The van der Waals surface area contributed by atoms with Crippen LogP contribution in [-0.4, -0.2) is 60.1 Å². The van der Waals surface area contributed by atoms with Crippen LogP contribution >= 0.6 is 0 Å². The summed E-state index contributed by atoms with van der Waals surface area (Å²) in [6.07, 6.45) is 3.33. The van der Waals surface area contributed by atoms with Crippen LogP contribution in [0.2, 0.25) is 0 Å². The van der Waals surface area contributed by atoms with Gasteiger partial charge in [-0.25, -0.2) is 4.98 Å². The zero-order valence-corrected chi connectivity index (χ0v) is 19.0. The van der Waals surface area contributed by atoms with E-state index in [-0.39, 0.29) is 11.9 Å². The fourth-order valence-corrected chi connectivity index (χ4v) is 4.90. The highest BCUT2D eigenvalue weighted by Gasteiger charge is 2.38. The molecule has 2 aliphatic heterocycles. The zero-order chi connectivity index (χ0) is 22.5. The molecule has 3 heterocycles. The van der Waals surface area contributed by atoms with E-state index in [9.17, 15) is 4.79 Å². The molecule has 1 amide bonds. The van der Waals surface area contributed by atoms with Crippen LogP contribution in [0, 0.1) is 0 Å². The number of para-hydroxylation sites is 1. The molecule has 6 nitrogen and oxygen atoms in total. The Labute approximate surface area is 196 Å². The molecule has 0 bridgehead atoms. The molecule has 5 rings (SSSR count). The third-order valence-electron chi connectivity index (χ3n) is 6.61. The van der Waals surface area contributed by atoms with Gasteiger partial charge in [-0.3, -0.25) is 19.7 Å². The SMILES string of the molecule is O=C1CC(c2ccccc2)N(c2ccccc2)N1CCCN1CCN(c2ccccn2)CC1. The molecule has 33 heavy (non-hydrogen) atoms. The third kappa shape index (κ3) is 4.86. The van der Waals surface area contributed by atoms with Crippen molar-refractivity contribution in [2.24, 2.45) is 0 Å². The molecule has 3 aromatic rings. The number of hydrazine groups is 1. The van der Waals surface area contributed by atoms with Crippen LogP contribution in [0.3, 0.4) is 0 Å². The fraction of sp³-hybridized carbons (Fsp3) is 0.333. The van der Waals surface area contributed by atoms with Gasteiger partial charge in [0.1, 0.15) is 5.82 Å². The van der Waals surface area contributed by atoms with Crippen molar-refractivity contribution in [1.29, 1.82) is 0 Å². The van der Waals surface area contributed by atoms with E-state index in [1.165, 1.54) is 5.56 Å². The molecule has 0 radical (unpaired) electrons. The van der Waals surface area contributed by atoms with Gasteiger partial charge in [0.15, 0.2) is 0 Å². The lowest BCUT2D eigenvalue weighted by Crippen LogP contribution is -2.48. The number of hydrogen-bond acceptors (Lipinski definition) is 5. The van der Waals surface area contributed by atoms with Crippen molar-refractivity contribution < 1.29 is 4.79 Å². The second-order valence-corrected chi connectivity index (χ2v) is 8.70. The second-order valence-electron chi connectivity index (χ2n) is 8.70. The predicted octanol–water partition coefficient (Wildman–Crippen LogP) is 3.99. The van der Waals surface area contributed by atoms with Gasteiger partial charge in [0.2, 0.25) is 5.91 Å². The largest absolute Gasteiger partial charge is 0.354 e. The van der Waals surface area contributed by atoms with Crippen LogP contribution in [0.15, 0.2) is 85.1 Å². The monoisotopic (exact) mass is 441 g/mol. The molecular weight excluding hydrogens is 410 g/mol. The summed E-state index contributed by atoms with van der Waals surface area (Å²) in [5.41, 5.74) is 2.25. The van der Waals surface area contributed by atoms with Crippen LogP contribution in [-0.2, 0) is 4.79 Å². The van der Waals surface area contributed by atoms with Crippen molar-refractivity contribution in [2.75, 3.05) is 49.2 Å². The zero-order valence-electron chi connectivity index (χ0n) is 19.0. The maximum atomic E-state index is 13.1. The summed E-state index contributed by atoms with van der Waals surface area (Å²) in [4.78, 5) is 22.4. The van der Waals surface area contributed by atoms with Crippen molar-refractivity contribution in [1.82, 2.24) is 14.9 Å². The third-order valence-corrected chi connectivity index (χ3v) is 6.61. The summed E-state index contributed by atoms with van der Waals surface area (Å²) in [5.74, 6) is 1.26. The molecule has 0 spiro atoms. The maximum absolute atomic E-state index is 13.1. The minimum absolute atomic E-state index is 0.0445. The fourth-order valence-electron chi connectivity index (χ4n) is 4.90. The first kappa shape index (κ1) is 21.5. The van der Waals surface area contributed by atoms with E-state index in [1.54, 1.807) is 0 Å². The summed E-state index contributed by atoms with van der Waals surface area (Å²) in [5, 5.41) is 4.17. The van der Waals surface area contributed by atoms with Gasteiger partial charge in [-0.05, 0) is 36.2 Å². The average Bonchev–Trinajstić information content (AvgIpc) is 3.22. The van der Waals surface area contributed by atoms with Gasteiger partial charge in [0.25, 0.3) is 0 Å². The topological polar surface area (TPSA) is 42.9 Å². The van der Waals surface area contributed by atoms with Gasteiger partial charge in [0.05, 0.1) is 18.2 Å². The minimum atomic E-state index is 0.0445. The molecule has 6 heteroatoms. The summed E-state index contributed by atoms with van der Waals surface area (Å²) in [6, 6.07) is 26.8. The molecule has 2 saturated heterocycles. The van der Waals surface area contributed by atoms with Gasteiger partial charge in [-0.15, -0.1) is 0 Å². The Balaban J connectivity index is 1.21. The van der Waals surface area contributed by atoms with Crippen molar-refractivity contribution in [2.45, 2.75) is 18.9 Å². The van der Waals surface area contributed by atoms with E-state index in [1.807, 2.05) is 47.6 Å². The molecule has 2 aromatic carbocycles. The average molecular weight is 442 g/mol. The Morgan fingerprint density at radius 1 is 0.788 bits per heavy atom. The predicted molar refractivity (Wildman–Crippen MR) is 132 cm³/mol. The van der Waals surface area contributed by atoms with E-state index < -0.39 is 0 Å². The van der Waals surface area contributed by atoms with Crippen molar-refractivity contribution >= 4 is 17.4 Å². The normalized spacial score (nSPS) is 19.3. The number of pyridine rings is 1. The van der Waals surface area contributed by atoms with Crippen LogP contribution in [0.25, 0.3) is 0 Å². The molecule has 0 N–H and O–H groups in total. The lowest BCUT2D eigenvalue weighted by molar-refractivity contribution is -0.128. The Morgan fingerprint density at radius 2 is 1.48 bits per heavy atom. The molecule has 1 unspecified atom stereocenters. The number of aromatic nitrogens is 1. The number of anilines is 2. The first-order valence-electron chi connectivity index (χ1n) is 11.9. The molecule has 2 aliphatic rings. The number of carbonyl (C=O) groups excluding carboxylic acids is 1. The molecule has 1 aromatic heterocycles. The van der Waals surface area contributed by atoms with Gasteiger partial charge in [0, 0.05) is 45.5 Å². The van der Waals surface area contributed by atoms with E-state index >= 15 is 0 Å². The highest BCUT2D eigenvalue weighted by atomic mass is 16.2. The van der Waals surface area contributed by atoms with E-state index in [2.05, 4.69) is 62.3 Å². The van der Waals surface area contributed by atoms with Crippen molar-refractivity contribution in [3.05, 3.63) is 90.6 Å². The molecule has 1 atom stereocenters. The molecule has 0 saturated carbocycles. The first-order chi connectivity index (χ1) is 16.3. The lowest BCUT2D eigenvalue weighted by atomic mass is 10.0. The smallest absolute Gasteiger partial charge is 0.243 e. The summed E-state index contributed by atoms with van der Waals surface area (Å²) < 4.78 is 0. The van der Waals surface area contributed by atoms with E-state index in [0.717, 1.165) is 57.2 Å². The lowest BCUT2D eigenvalue weighted by Gasteiger charge is -2.37. The van der Waals surface area contributed by atoms with Gasteiger partial charge >= 0.3 is 0 Å². The Bertz CT molecular complexity index is 1020. The van der Waals surface area contributed by atoms with Gasteiger partial charge < -0.3 is 4.90 Å². The van der Waals surface area contributed by atoms with E-state index in [0.29, 0.717) is 6.42 Å². The Morgan fingerprint density at radius 3 is 2.18 bits per heavy atom.